The maximum atomic E-state index is 14.4. The van der Waals surface area contributed by atoms with E-state index in [1.807, 2.05) is 27.1 Å². The zero-order valence-electron chi connectivity index (χ0n) is 16.5. The molecular formula is C20H31FN4. The summed E-state index contributed by atoms with van der Waals surface area (Å²) in [5, 5.41) is 5.67. The molecule has 25 heavy (non-hydrogen) atoms. The predicted molar refractivity (Wildman–Crippen MR) is 102 cm³/mol. The Morgan fingerprint density at radius 1 is 1.28 bits per heavy atom. The maximum absolute atomic E-state index is 14.4. The molecule has 138 valence electrons. The summed E-state index contributed by atoms with van der Waals surface area (Å²) < 4.78 is 18.3. The van der Waals surface area contributed by atoms with Crippen LogP contribution in [0.2, 0.25) is 0 Å². The minimum Gasteiger partial charge on any atom is -0.321 e. The molecule has 0 saturated heterocycles. The van der Waals surface area contributed by atoms with E-state index in [-0.39, 0.29) is 17.8 Å². The minimum absolute atomic E-state index is 0.0305. The standard InChI is InChI=1S/C15H17FN4.C3H8.C2H6/c1-8(2)20-12-5-9-4-11(9)13(16)14(12)18-15(20)10-6-17-19(3)7-10;1-3-2;1-2/h5-9,11H,4H2,1-3H3;3H2,1-2H3;1-2H3. The molecule has 2 unspecified atom stereocenters. The van der Waals surface area contributed by atoms with E-state index in [9.17, 15) is 4.39 Å². The SMILES string of the molecule is CC.CC(C)n1c(-c2cnn(C)c2)nc2c1=CC1CC1C=2F.CCC. The van der Waals surface area contributed by atoms with Crippen molar-refractivity contribution in [3.63, 3.8) is 0 Å². The Hall–Kier alpha value is -1.91. The second-order valence-electron chi connectivity index (χ2n) is 6.76. The molecule has 2 aromatic rings. The van der Waals surface area contributed by atoms with E-state index in [0.29, 0.717) is 11.3 Å². The van der Waals surface area contributed by atoms with Crippen LogP contribution in [-0.4, -0.2) is 19.3 Å². The number of rotatable bonds is 2. The van der Waals surface area contributed by atoms with Gasteiger partial charge in [0.15, 0.2) is 0 Å². The summed E-state index contributed by atoms with van der Waals surface area (Å²) in [7, 11) is 1.88. The zero-order valence-corrected chi connectivity index (χ0v) is 16.5. The number of nitrogens with zero attached hydrogens (tertiary/aromatic N) is 4. The van der Waals surface area contributed by atoms with Gasteiger partial charge >= 0.3 is 0 Å². The first kappa shape index (κ1) is 19.4. The van der Waals surface area contributed by atoms with Gasteiger partial charge < -0.3 is 4.57 Å². The highest BCUT2D eigenvalue weighted by molar-refractivity contribution is 5.59. The van der Waals surface area contributed by atoms with Crippen molar-refractivity contribution < 1.29 is 4.39 Å². The normalized spacial score (nSPS) is 19.8. The molecule has 0 spiro atoms. The van der Waals surface area contributed by atoms with Gasteiger partial charge in [-0.3, -0.25) is 4.68 Å². The van der Waals surface area contributed by atoms with Gasteiger partial charge in [0.05, 0.1) is 17.1 Å². The lowest BCUT2D eigenvalue weighted by atomic mass is 10.2. The van der Waals surface area contributed by atoms with Crippen LogP contribution in [0.4, 0.5) is 4.39 Å². The van der Waals surface area contributed by atoms with Crippen LogP contribution >= 0.6 is 0 Å². The number of hydrogen-bond donors (Lipinski definition) is 0. The quantitative estimate of drug-likeness (QED) is 0.829. The van der Waals surface area contributed by atoms with E-state index in [4.69, 9.17) is 0 Å². The van der Waals surface area contributed by atoms with Crippen LogP contribution in [0.15, 0.2) is 12.4 Å². The fourth-order valence-electron chi connectivity index (χ4n) is 3.11. The van der Waals surface area contributed by atoms with Gasteiger partial charge in [0.25, 0.3) is 0 Å². The van der Waals surface area contributed by atoms with Crippen molar-refractivity contribution in [2.45, 2.75) is 60.4 Å². The molecule has 0 amide bonds. The number of aromatic nitrogens is 4. The van der Waals surface area contributed by atoms with Crippen LogP contribution in [0, 0.1) is 11.8 Å². The second kappa shape index (κ2) is 7.98. The van der Waals surface area contributed by atoms with Gasteiger partial charge in [-0.2, -0.15) is 5.10 Å². The van der Waals surface area contributed by atoms with E-state index < -0.39 is 0 Å². The fraction of sp³-hybridized carbons (Fsp3) is 0.600. The number of fused-ring (bicyclic) bond motifs is 2. The summed E-state index contributed by atoms with van der Waals surface area (Å²) >= 11 is 0. The molecule has 5 heteroatoms. The highest BCUT2D eigenvalue weighted by Crippen LogP contribution is 2.47. The Balaban J connectivity index is 0.000000410. The Morgan fingerprint density at radius 3 is 2.44 bits per heavy atom. The lowest BCUT2D eigenvalue weighted by Gasteiger charge is -2.11. The lowest BCUT2D eigenvalue weighted by Crippen LogP contribution is -2.34. The monoisotopic (exact) mass is 346 g/mol. The second-order valence-corrected chi connectivity index (χ2v) is 6.76. The molecule has 2 heterocycles. The van der Waals surface area contributed by atoms with Crippen LogP contribution in [0.25, 0.3) is 23.3 Å². The maximum Gasteiger partial charge on any atom is 0.144 e. The van der Waals surface area contributed by atoms with Gasteiger partial charge in [-0.15, -0.1) is 0 Å². The molecular weight excluding hydrogens is 315 g/mol. The average molecular weight is 346 g/mol. The van der Waals surface area contributed by atoms with Crippen molar-refractivity contribution in [1.82, 2.24) is 19.3 Å². The summed E-state index contributed by atoms with van der Waals surface area (Å²) in [4.78, 5) is 4.58. The summed E-state index contributed by atoms with van der Waals surface area (Å²) in [6, 6.07) is 0.237. The van der Waals surface area contributed by atoms with Crippen LogP contribution in [-0.2, 0) is 7.05 Å². The third-order valence-electron chi connectivity index (χ3n) is 4.19. The van der Waals surface area contributed by atoms with E-state index in [1.165, 1.54) is 6.42 Å². The van der Waals surface area contributed by atoms with Crippen LogP contribution in [0.5, 0.6) is 0 Å². The summed E-state index contributed by atoms with van der Waals surface area (Å²) in [6.45, 7) is 12.5. The highest BCUT2D eigenvalue weighted by atomic mass is 19.1. The molecule has 2 aromatic heterocycles. The van der Waals surface area contributed by atoms with Crippen molar-refractivity contribution in [1.29, 1.82) is 0 Å². The molecule has 2 atom stereocenters. The molecule has 0 radical (unpaired) electrons. The fourth-order valence-corrected chi connectivity index (χ4v) is 3.11. The molecule has 0 bridgehead atoms. The van der Waals surface area contributed by atoms with Gasteiger partial charge in [-0.1, -0.05) is 40.2 Å². The van der Waals surface area contributed by atoms with E-state index in [2.05, 4.69) is 48.4 Å². The summed E-state index contributed by atoms with van der Waals surface area (Å²) in [5.74, 6) is 1.24. The third kappa shape index (κ3) is 3.70. The number of imidazole rings is 1. The van der Waals surface area contributed by atoms with E-state index >= 15 is 0 Å². The Labute approximate surface area is 150 Å². The van der Waals surface area contributed by atoms with Crippen LogP contribution in [0.3, 0.4) is 0 Å². The Bertz CT molecular complexity index is 828. The summed E-state index contributed by atoms with van der Waals surface area (Å²) in [5.41, 5.74) is 0.936. The molecule has 2 aliphatic carbocycles. The first-order valence-corrected chi connectivity index (χ1v) is 9.46. The molecule has 0 aromatic carbocycles. The molecule has 4 nitrogen and oxygen atoms in total. The zero-order chi connectivity index (χ0) is 18.7. The van der Waals surface area contributed by atoms with Gasteiger partial charge in [0.2, 0.25) is 0 Å². The van der Waals surface area contributed by atoms with Crippen LogP contribution in [0.1, 0.15) is 60.4 Å². The topological polar surface area (TPSA) is 35.6 Å². The van der Waals surface area contributed by atoms with E-state index in [1.54, 1.807) is 10.9 Å². The Morgan fingerprint density at radius 2 is 1.92 bits per heavy atom. The van der Waals surface area contributed by atoms with Gasteiger partial charge in [0, 0.05) is 25.2 Å². The summed E-state index contributed by atoms with van der Waals surface area (Å²) in [6.07, 6.45) is 8.08. The predicted octanol–water partition coefficient (Wildman–Crippen LogP) is 3.81. The first-order valence-electron chi connectivity index (χ1n) is 9.46. The number of hydrogen-bond acceptors (Lipinski definition) is 2. The van der Waals surface area contributed by atoms with Gasteiger partial charge in [-0.05, 0) is 26.2 Å². The minimum atomic E-state index is -0.0305. The van der Waals surface area contributed by atoms with Crippen molar-refractivity contribution in [3.05, 3.63) is 23.1 Å². The van der Waals surface area contributed by atoms with Crippen LogP contribution < -0.4 is 10.7 Å². The highest BCUT2D eigenvalue weighted by Gasteiger charge is 2.42. The van der Waals surface area contributed by atoms with Crippen molar-refractivity contribution in [2.24, 2.45) is 18.9 Å². The smallest absolute Gasteiger partial charge is 0.144 e. The lowest BCUT2D eigenvalue weighted by molar-refractivity contribution is 0.587. The molecule has 0 aliphatic heterocycles. The van der Waals surface area contributed by atoms with E-state index in [0.717, 1.165) is 23.2 Å². The van der Waals surface area contributed by atoms with Gasteiger partial charge in [0.1, 0.15) is 17.0 Å². The van der Waals surface area contributed by atoms with Crippen molar-refractivity contribution >= 4 is 11.9 Å². The number of aryl methyl sites for hydroxylation is 1. The van der Waals surface area contributed by atoms with Crippen molar-refractivity contribution in [2.75, 3.05) is 0 Å². The average Bonchev–Trinajstić information content (AvgIpc) is 3.06. The largest absolute Gasteiger partial charge is 0.321 e. The molecule has 0 N–H and O–H groups in total. The molecule has 1 saturated carbocycles. The molecule has 2 aliphatic rings. The first-order chi connectivity index (χ1) is 12.0. The third-order valence-corrected chi connectivity index (χ3v) is 4.19. The number of halogens is 1. The Kier molecular flexibility index (Phi) is 6.20. The molecule has 4 rings (SSSR count). The van der Waals surface area contributed by atoms with Gasteiger partial charge in [-0.25, -0.2) is 9.37 Å². The van der Waals surface area contributed by atoms with Crippen molar-refractivity contribution in [3.8, 4) is 11.4 Å². The molecule has 1 fully saturated rings.